The van der Waals surface area contributed by atoms with Gasteiger partial charge in [0.2, 0.25) is 0 Å². The molecule has 0 spiro atoms. The zero-order valence-electron chi connectivity index (χ0n) is 17.8. The van der Waals surface area contributed by atoms with Crippen molar-refractivity contribution in [3.63, 3.8) is 0 Å². The highest BCUT2D eigenvalue weighted by atomic mass is 16.5. The molecule has 0 aliphatic rings. The van der Waals surface area contributed by atoms with Gasteiger partial charge in [-0.25, -0.2) is 0 Å². The molecule has 0 aliphatic carbocycles. The van der Waals surface area contributed by atoms with Gasteiger partial charge in [-0.1, -0.05) is 12.1 Å². The van der Waals surface area contributed by atoms with Gasteiger partial charge in [-0.3, -0.25) is 4.79 Å². The number of ether oxygens (including phenoxy) is 3. The summed E-state index contributed by atoms with van der Waals surface area (Å²) in [7, 11) is 0. The molecule has 0 atom stereocenters. The molecule has 2 aromatic carbocycles. The van der Waals surface area contributed by atoms with E-state index in [1.54, 1.807) is 0 Å². The first-order valence-corrected chi connectivity index (χ1v) is 10.0. The molecule has 28 heavy (non-hydrogen) atoms. The Morgan fingerprint density at radius 2 is 1.39 bits per heavy atom. The molecule has 0 bridgehead atoms. The van der Waals surface area contributed by atoms with Crippen LogP contribution in [0.5, 0.6) is 17.2 Å². The van der Waals surface area contributed by atoms with E-state index in [1.165, 1.54) is 0 Å². The fraction of sp³-hybridized carbons (Fsp3) is 0.458. The van der Waals surface area contributed by atoms with Gasteiger partial charge in [0, 0.05) is 12.0 Å². The smallest absolute Gasteiger partial charge is 0.163 e. The lowest BCUT2D eigenvalue weighted by Gasteiger charge is -2.17. The fourth-order valence-corrected chi connectivity index (χ4v) is 2.87. The van der Waals surface area contributed by atoms with Gasteiger partial charge < -0.3 is 14.2 Å². The molecule has 2 rings (SSSR count). The van der Waals surface area contributed by atoms with Gasteiger partial charge in [-0.15, -0.1) is 0 Å². The molecule has 0 amide bonds. The number of ketones is 1. The molecule has 0 heterocycles. The van der Waals surface area contributed by atoms with Crippen molar-refractivity contribution in [1.29, 1.82) is 0 Å². The van der Waals surface area contributed by atoms with Crippen molar-refractivity contribution in [3.8, 4) is 17.2 Å². The van der Waals surface area contributed by atoms with Crippen LogP contribution < -0.4 is 14.2 Å². The summed E-state index contributed by atoms with van der Waals surface area (Å²) in [6, 6.07) is 13.2. The number of carbonyl (C=O) groups excluding carboxylic acids is 1. The van der Waals surface area contributed by atoms with Gasteiger partial charge in [-0.05, 0) is 83.9 Å². The van der Waals surface area contributed by atoms with E-state index in [1.807, 2.05) is 84.0 Å². The molecule has 2 aromatic rings. The molecule has 0 aromatic heterocycles. The van der Waals surface area contributed by atoms with E-state index in [9.17, 15) is 4.79 Å². The lowest BCUT2D eigenvalue weighted by atomic mass is 10.0. The van der Waals surface area contributed by atoms with Crippen molar-refractivity contribution in [3.05, 3.63) is 53.6 Å². The third kappa shape index (κ3) is 6.91. The molecule has 4 nitrogen and oxygen atoms in total. The standard InChI is InChI=1S/C24H32O4/c1-16(2)26-21-9-7-8-19(14-21)23(25)12-10-20-15-22(27-17(3)4)11-13-24(20)28-18(5)6/h7-9,11,13-18H,10,12H2,1-6H3. The number of carbonyl (C=O) groups is 1. The van der Waals surface area contributed by atoms with Gasteiger partial charge in [0.1, 0.15) is 17.2 Å². The lowest BCUT2D eigenvalue weighted by molar-refractivity contribution is 0.0981. The minimum atomic E-state index is 0.0659. The highest BCUT2D eigenvalue weighted by Gasteiger charge is 2.13. The third-order valence-corrected chi connectivity index (χ3v) is 3.92. The Morgan fingerprint density at radius 1 is 0.786 bits per heavy atom. The molecular weight excluding hydrogens is 352 g/mol. The average molecular weight is 385 g/mol. The van der Waals surface area contributed by atoms with E-state index in [2.05, 4.69) is 0 Å². The first kappa shape index (κ1) is 21.8. The fourth-order valence-electron chi connectivity index (χ4n) is 2.87. The van der Waals surface area contributed by atoms with E-state index >= 15 is 0 Å². The van der Waals surface area contributed by atoms with E-state index in [0.717, 1.165) is 22.8 Å². The first-order valence-electron chi connectivity index (χ1n) is 10.0. The van der Waals surface area contributed by atoms with Crippen LogP contribution in [0.4, 0.5) is 0 Å². The number of hydrogen-bond acceptors (Lipinski definition) is 4. The highest BCUT2D eigenvalue weighted by molar-refractivity contribution is 5.96. The Kier molecular flexibility index (Phi) is 7.91. The van der Waals surface area contributed by atoms with Gasteiger partial charge in [0.05, 0.1) is 18.3 Å². The predicted octanol–water partition coefficient (Wildman–Crippen LogP) is 5.86. The molecule has 0 radical (unpaired) electrons. The van der Waals surface area contributed by atoms with Crippen LogP contribution in [0.15, 0.2) is 42.5 Å². The third-order valence-electron chi connectivity index (χ3n) is 3.92. The van der Waals surface area contributed by atoms with Gasteiger partial charge in [0.25, 0.3) is 0 Å². The van der Waals surface area contributed by atoms with E-state index in [0.29, 0.717) is 18.4 Å². The van der Waals surface area contributed by atoms with Crippen LogP contribution in [0.25, 0.3) is 0 Å². The van der Waals surface area contributed by atoms with Crippen molar-refractivity contribution >= 4 is 5.78 Å². The molecule has 0 N–H and O–H groups in total. The molecule has 152 valence electrons. The topological polar surface area (TPSA) is 44.8 Å². The molecule has 0 aliphatic heterocycles. The van der Waals surface area contributed by atoms with Gasteiger partial charge in [-0.2, -0.15) is 0 Å². The van der Waals surface area contributed by atoms with Crippen LogP contribution in [-0.4, -0.2) is 24.1 Å². The zero-order valence-corrected chi connectivity index (χ0v) is 17.8. The van der Waals surface area contributed by atoms with E-state index in [4.69, 9.17) is 14.2 Å². The zero-order chi connectivity index (χ0) is 20.7. The monoisotopic (exact) mass is 384 g/mol. The van der Waals surface area contributed by atoms with Crippen molar-refractivity contribution in [1.82, 2.24) is 0 Å². The summed E-state index contributed by atoms with van der Waals surface area (Å²) in [6.07, 6.45) is 1.21. The van der Waals surface area contributed by atoms with Crippen molar-refractivity contribution < 1.29 is 19.0 Å². The number of aryl methyl sites for hydroxylation is 1. The first-order chi connectivity index (χ1) is 13.2. The predicted molar refractivity (Wildman–Crippen MR) is 113 cm³/mol. The SMILES string of the molecule is CC(C)Oc1cccc(C(=O)CCc2cc(OC(C)C)ccc2OC(C)C)c1. The lowest BCUT2D eigenvalue weighted by Crippen LogP contribution is -2.10. The maximum absolute atomic E-state index is 12.7. The maximum atomic E-state index is 12.7. The molecular formula is C24H32O4. The maximum Gasteiger partial charge on any atom is 0.163 e. The quantitative estimate of drug-likeness (QED) is 0.481. The number of Topliss-reactive ketones (excluding diaryl/α,β-unsaturated/α-hetero) is 1. The second kappa shape index (κ2) is 10.2. The summed E-state index contributed by atoms with van der Waals surface area (Å²) in [6.45, 7) is 11.9. The van der Waals surface area contributed by atoms with E-state index in [-0.39, 0.29) is 24.1 Å². The van der Waals surface area contributed by atoms with Crippen LogP contribution in [0.1, 0.15) is 63.9 Å². The Hall–Kier alpha value is -2.49. The van der Waals surface area contributed by atoms with Crippen LogP contribution in [0, 0.1) is 0 Å². The number of rotatable bonds is 10. The summed E-state index contributed by atoms with van der Waals surface area (Å²) in [5, 5.41) is 0. The summed E-state index contributed by atoms with van der Waals surface area (Å²) in [4.78, 5) is 12.7. The number of benzene rings is 2. The van der Waals surface area contributed by atoms with Crippen molar-refractivity contribution in [2.24, 2.45) is 0 Å². The Bertz CT molecular complexity index is 778. The van der Waals surface area contributed by atoms with Crippen LogP contribution in [0.3, 0.4) is 0 Å². The minimum absolute atomic E-state index is 0.0659. The molecule has 0 saturated heterocycles. The Labute approximate surface area is 168 Å². The summed E-state index contributed by atoms with van der Waals surface area (Å²) in [5.74, 6) is 2.40. The molecule has 0 saturated carbocycles. The van der Waals surface area contributed by atoms with Crippen LogP contribution >= 0.6 is 0 Å². The van der Waals surface area contributed by atoms with Crippen LogP contribution in [-0.2, 0) is 6.42 Å². The van der Waals surface area contributed by atoms with E-state index < -0.39 is 0 Å². The summed E-state index contributed by atoms with van der Waals surface area (Å²) in [5.41, 5.74) is 1.65. The summed E-state index contributed by atoms with van der Waals surface area (Å²) < 4.78 is 17.4. The van der Waals surface area contributed by atoms with Crippen molar-refractivity contribution in [2.45, 2.75) is 72.7 Å². The Morgan fingerprint density at radius 3 is 2.00 bits per heavy atom. The minimum Gasteiger partial charge on any atom is -0.491 e. The molecule has 0 fully saturated rings. The molecule has 4 heteroatoms. The number of hydrogen-bond donors (Lipinski definition) is 0. The highest BCUT2D eigenvalue weighted by Crippen LogP contribution is 2.28. The van der Waals surface area contributed by atoms with Gasteiger partial charge >= 0.3 is 0 Å². The molecule has 0 unspecified atom stereocenters. The Balaban J connectivity index is 2.14. The largest absolute Gasteiger partial charge is 0.491 e. The second-order valence-corrected chi connectivity index (χ2v) is 7.72. The van der Waals surface area contributed by atoms with Crippen molar-refractivity contribution in [2.75, 3.05) is 0 Å². The normalized spacial score (nSPS) is 11.2. The van der Waals surface area contributed by atoms with Gasteiger partial charge in [0.15, 0.2) is 5.78 Å². The summed E-state index contributed by atoms with van der Waals surface area (Å²) >= 11 is 0. The second-order valence-electron chi connectivity index (χ2n) is 7.72. The average Bonchev–Trinajstić information content (AvgIpc) is 2.60. The van der Waals surface area contributed by atoms with Crippen LogP contribution in [0.2, 0.25) is 0 Å².